The lowest BCUT2D eigenvalue weighted by Gasteiger charge is -2.05. The maximum absolute atomic E-state index is 10.2. The van der Waals surface area contributed by atoms with Crippen molar-refractivity contribution in [2.24, 2.45) is 0 Å². The van der Waals surface area contributed by atoms with Crippen LogP contribution in [0.25, 0.3) is 0 Å². The fourth-order valence-corrected chi connectivity index (χ4v) is 1.09. The molecule has 1 aromatic rings. The smallest absolute Gasteiger partial charge is 0.148 e. The number of hydrogen-bond acceptors (Lipinski definition) is 3. The average Bonchev–Trinajstić information content (AvgIpc) is 2.18. The Kier molecular flexibility index (Phi) is 3.46. The summed E-state index contributed by atoms with van der Waals surface area (Å²) in [6.07, 6.45) is -0.0627. The first-order chi connectivity index (χ1) is 6.26. The zero-order valence-electron chi connectivity index (χ0n) is 7.43. The fraction of sp³-hybridized carbons (Fsp3) is 0.300. The topological polar surface area (TPSA) is 46.5 Å². The molecule has 0 saturated heterocycles. The molecule has 0 amide bonds. The van der Waals surface area contributed by atoms with Crippen LogP contribution in [-0.2, 0) is 11.2 Å². The molecule has 0 aliphatic carbocycles. The van der Waals surface area contributed by atoms with E-state index >= 15 is 0 Å². The summed E-state index contributed by atoms with van der Waals surface area (Å²) in [7, 11) is 1.58. The van der Waals surface area contributed by atoms with Crippen LogP contribution in [0, 0.1) is 0 Å². The van der Waals surface area contributed by atoms with Gasteiger partial charge in [0.05, 0.1) is 7.11 Å². The van der Waals surface area contributed by atoms with E-state index in [0.717, 1.165) is 11.3 Å². The summed E-state index contributed by atoms with van der Waals surface area (Å²) in [5.41, 5.74) is 0.888. The maximum Gasteiger partial charge on any atom is 0.148 e. The first-order valence-corrected chi connectivity index (χ1v) is 4.02. The van der Waals surface area contributed by atoms with Crippen molar-refractivity contribution < 1.29 is 14.6 Å². The molecule has 1 unspecified atom stereocenters. The van der Waals surface area contributed by atoms with Crippen molar-refractivity contribution in [2.75, 3.05) is 7.11 Å². The van der Waals surface area contributed by atoms with Crippen molar-refractivity contribution in [3.63, 3.8) is 0 Å². The summed E-state index contributed by atoms with van der Waals surface area (Å²) < 4.78 is 5.00. The van der Waals surface area contributed by atoms with E-state index in [1.165, 1.54) is 0 Å². The predicted molar refractivity (Wildman–Crippen MR) is 48.8 cm³/mol. The summed E-state index contributed by atoms with van der Waals surface area (Å²) in [6.45, 7) is 0. The van der Waals surface area contributed by atoms with E-state index in [1.54, 1.807) is 13.2 Å². The highest BCUT2D eigenvalue weighted by Gasteiger charge is 2.03. The van der Waals surface area contributed by atoms with Crippen molar-refractivity contribution >= 4 is 6.29 Å². The van der Waals surface area contributed by atoms with Gasteiger partial charge in [-0.25, -0.2) is 0 Å². The Bertz CT molecular complexity index is 283. The SMILES string of the molecule is COc1cccc(CC(O)C=O)c1. The van der Waals surface area contributed by atoms with Gasteiger partial charge in [-0.2, -0.15) is 0 Å². The number of carbonyl (C=O) groups excluding carboxylic acids is 1. The molecule has 0 aromatic heterocycles. The first-order valence-electron chi connectivity index (χ1n) is 4.02. The molecule has 0 fully saturated rings. The Morgan fingerprint density at radius 3 is 3.00 bits per heavy atom. The molecule has 0 radical (unpaired) electrons. The van der Waals surface area contributed by atoms with Crippen LogP contribution in [0.2, 0.25) is 0 Å². The van der Waals surface area contributed by atoms with Gasteiger partial charge in [-0.3, -0.25) is 0 Å². The first kappa shape index (κ1) is 9.74. The largest absolute Gasteiger partial charge is 0.497 e. The van der Waals surface area contributed by atoms with Gasteiger partial charge >= 0.3 is 0 Å². The van der Waals surface area contributed by atoms with E-state index in [0.29, 0.717) is 12.7 Å². The van der Waals surface area contributed by atoms with Crippen molar-refractivity contribution in [3.8, 4) is 5.75 Å². The molecule has 1 aromatic carbocycles. The molecule has 0 heterocycles. The molecule has 70 valence electrons. The molecule has 0 aliphatic heterocycles. The van der Waals surface area contributed by atoms with Crippen molar-refractivity contribution in [1.82, 2.24) is 0 Å². The Balaban J connectivity index is 2.71. The Hall–Kier alpha value is -1.35. The number of hydrogen-bond donors (Lipinski definition) is 1. The number of rotatable bonds is 4. The highest BCUT2D eigenvalue weighted by atomic mass is 16.5. The van der Waals surface area contributed by atoms with Crippen LogP contribution in [0.1, 0.15) is 5.56 Å². The third-order valence-electron chi connectivity index (χ3n) is 1.74. The van der Waals surface area contributed by atoms with Crippen LogP contribution in [0.3, 0.4) is 0 Å². The lowest BCUT2D eigenvalue weighted by Crippen LogP contribution is -2.11. The van der Waals surface area contributed by atoms with Gasteiger partial charge in [0.25, 0.3) is 0 Å². The van der Waals surface area contributed by atoms with Gasteiger partial charge in [-0.05, 0) is 17.7 Å². The number of carbonyl (C=O) groups is 1. The maximum atomic E-state index is 10.2. The second-order valence-corrected chi connectivity index (χ2v) is 2.76. The minimum absolute atomic E-state index is 0.334. The lowest BCUT2D eigenvalue weighted by atomic mass is 10.1. The van der Waals surface area contributed by atoms with Crippen molar-refractivity contribution in [1.29, 1.82) is 0 Å². The average molecular weight is 180 g/mol. The van der Waals surface area contributed by atoms with E-state index in [9.17, 15) is 4.79 Å². The molecular formula is C10H12O3. The minimum atomic E-state index is -0.924. The highest BCUT2D eigenvalue weighted by Crippen LogP contribution is 2.13. The van der Waals surface area contributed by atoms with E-state index in [-0.39, 0.29) is 0 Å². The molecule has 0 saturated carbocycles. The lowest BCUT2D eigenvalue weighted by molar-refractivity contribution is -0.114. The Labute approximate surface area is 77.0 Å². The number of aliphatic hydroxyl groups excluding tert-OH is 1. The molecule has 13 heavy (non-hydrogen) atoms. The standard InChI is InChI=1S/C10H12O3/c1-13-10-4-2-3-8(6-10)5-9(12)7-11/h2-4,6-7,9,12H,5H2,1H3. The monoisotopic (exact) mass is 180 g/mol. The van der Waals surface area contributed by atoms with Crippen LogP contribution in [-0.4, -0.2) is 24.6 Å². The Morgan fingerprint density at radius 2 is 2.38 bits per heavy atom. The third kappa shape index (κ3) is 2.87. The summed E-state index contributed by atoms with van der Waals surface area (Å²) in [6, 6.07) is 7.28. The second-order valence-electron chi connectivity index (χ2n) is 2.76. The van der Waals surface area contributed by atoms with Gasteiger partial charge < -0.3 is 14.6 Å². The summed E-state index contributed by atoms with van der Waals surface area (Å²) in [4.78, 5) is 10.2. The van der Waals surface area contributed by atoms with Gasteiger partial charge in [-0.1, -0.05) is 12.1 Å². The van der Waals surface area contributed by atoms with Gasteiger partial charge in [0.2, 0.25) is 0 Å². The fourth-order valence-electron chi connectivity index (χ4n) is 1.09. The second kappa shape index (κ2) is 4.62. The normalized spacial score (nSPS) is 12.2. The number of aldehydes is 1. The molecule has 0 spiro atoms. The Morgan fingerprint density at radius 1 is 1.62 bits per heavy atom. The minimum Gasteiger partial charge on any atom is -0.497 e. The molecule has 1 rings (SSSR count). The number of ether oxygens (including phenoxy) is 1. The van der Waals surface area contributed by atoms with Gasteiger partial charge in [0.1, 0.15) is 18.1 Å². The summed E-state index contributed by atoms with van der Waals surface area (Å²) in [5.74, 6) is 0.732. The molecule has 3 heteroatoms. The van der Waals surface area contributed by atoms with Crippen LogP contribution >= 0.6 is 0 Å². The van der Waals surface area contributed by atoms with Crippen LogP contribution < -0.4 is 4.74 Å². The molecule has 0 aliphatic rings. The van der Waals surface area contributed by atoms with Gasteiger partial charge in [0.15, 0.2) is 0 Å². The molecule has 3 nitrogen and oxygen atoms in total. The molecule has 1 atom stereocenters. The van der Waals surface area contributed by atoms with Crippen LogP contribution in [0.4, 0.5) is 0 Å². The van der Waals surface area contributed by atoms with E-state index in [4.69, 9.17) is 9.84 Å². The molecule has 1 N–H and O–H groups in total. The summed E-state index contributed by atoms with van der Waals surface area (Å²) >= 11 is 0. The van der Waals surface area contributed by atoms with E-state index in [2.05, 4.69) is 0 Å². The molecule has 0 bridgehead atoms. The van der Waals surface area contributed by atoms with Crippen LogP contribution in [0.15, 0.2) is 24.3 Å². The molecular weight excluding hydrogens is 168 g/mol. The summed E-state index contributed by atoms with van der Waals surface area (Å²) in [5, 5.41) is 9.07. The quantitative estimate of drug-likeness (QED) is 0.697. The third-order valence-corrected chi connectivity index (χ3v) is 1.74. The number of methoxy groups -OCH3 is 1. The highest BCUT2D eigenvalue weighted by molar-refractivity contribution is 5.56. The van der Waals surface area contributed by atoms with Crippen molar-refractivity contribution in [3.05, 3.63) is 29.8 Å². The predicted octanol–water partition coefficient (Wildman–Crippen LogP) is 0.797. The van der Waals surface area contributed by atoms with E-state index in [1.807, 2.05) is 18.2 Å². The van der Waals surface area contributed by atoms with Gasteiger partial charge in [0, 0.05) is 6.42 Å². The number of benzene rings is 1. The van der Waals surface area contributed by atoms with Crippen LogP contribution in [0.5, 0.6) is 5.75 Å². The van der Waals surface area contributed by atoms with Gasteiger partial charge in [-0.15, -0.1) is 0 Å². The zero-order chi connectivity index (χ0) is 9.68. The number of aliphatic hydroxyl groups is 1. The van der Waals surface area contributed by atoms with E-state index < -0.39 is 6.10 Å². The van der Waals surface area contributed by atoms with Crippen molar-refractivity contribution in [2.45, 2.75) is 12.5 Å². The zero-order valence-corrected chi connectivity index (χ0v) is 7.43.